The van der Waals surface area contributed by atoms with Crippen molar-refractivity contribution in [2.75, 3.05) is 5.32 Å². The van der Waals surface area contributed by atoms with Crippen LogP contribution in [0.5, 0.6) is 0 Å². The van der Waals surface area contributed by atoms with Gasteiger partial charge in [-0.2, -0.15) is 13.2 Å². The van der Waals surface area contributed by atoms with E-state index in [0.29, 0.717) is 22.7 Å². The number of aromatic nitrogens is 1. The van der Waals surface area contributed by atoms with Crippen LogP contribution in [0, 0.1) is 6.92 Å². The van der Waals surface area contributed by atoms with Crippen molar-refractivity contribution in [1.82, 2.24) is 4.98 Å². The number of hydrogen-bond acceptors (Lipinski definition) is 3. The molecule has 0 fully saturated rings. The fourth-order valence-corrected chi connectivity index (χ4v) is 2.96. The Labute approximate surface area is 164 Å². The first-order chi connectivity index (χ1) is 13.8. The van der Waals surface area contributed by atoms with Gasteiger partial charge < -0.3 is 9.73 Å². The second-order valence-corrected chi connectivity index (χ2v) is 6.55. The summed E-state index contributed by atoms with van der Waals surface area (Å²) in [5.74, 6) is -0.178. The van der Waals surface area contributed by atoms with E-state index in [-0.39, 0.29) is 11.1 Å². The van der Waals surface area contributed by atoms with Gasteiger partial charge >= 0.3 is 6.18 Å². The summed E-state index contributed by atoms with van der Waals surface area (Å²) in [6.45, 7) is 1.36. The molecule has 1 heterocycles. The van der Waals surface area contributed by atoms with E-state index < -0.39 is 17.6 Å². The van der Waals surface area contributed by atoms with Gasteiger partial charge in [0.1, 0.15) is 5.52 Å². The predicted octanol–water partition coefficient (Wildman–Crippen LogP) is 6.07. The third-order valence-electron chi connectivity index (χ3n) is 4.49. The predicted molar refractivity (Wildman–Crippen MR) is 104 cm³/mol. The number of halogens is 3. The summed E-state index contributed by atoms with van der Waals surface area (Å²) in [6.07, 6.45) is -4.51. The molecule has 29 heavy (non-hydrogen) atoms. The van der Waals surface area contributed by atoms with E-state index >= 15 is 0 Å². The monoisotopic (exact) mass is 396 g/mol. The van der Waals surface area contributed by atoms with Crippen molar-refractivity contribution in [3.8, 4) is 11.5 Å². The van der Waals surface area contributed by atoms with Gasteiger partial charge in [-0.15, -0.1) is 0 Å². The summed E-state index contributed by atoms with van der Waals surface area (Å²) >= 11 is 0. The molecule has 146 valence electrons. The molecular weight excluding hydrogens is 381 g/mol. The fraction of sp³-hybridized carbons (Fsp3) is 0.0909. The van der Waals surface area contributed by atoms with Crippen molar-refractivity contribution in [1.29, 1.82) is 0 Å². The lowest BCUT2D eigenvalue weighted by atomic mass is 10.0. The average Bonchev–Trinajstić information content (AvgIpc) is 3.12. The summed E-state index contributed by atoms with van der Waals surface area (Å²) in [7, 11) is 0. The maximum Gasteiger partial charge on any atom is 0.416 e. The number of carbonyl (C=O) groups is 1. The number of oxazole rings is 1. The summed E-state index contributed by atoms with van der Waals surface area (Å²) in [5, 5.41) is 2.60. The highest BCUT2D eigenvalue weighted by Gasteiger charge is 2.33. The zero-order valence-corrected chi connectivity index (χ0v) is 15.2. The van der Waals surface area contributed by atoms with Gasteiger partial charge in [0.25, 0.3) is 5.91 Å². The molecule has 0 spiro atoms. The molecule has 0 aliphatic carbocycles. The zero-order chi connectivity index (χ0) is 20.6. The number of nitrogens with zero attached hydrogens (tertiary/aromatic N) is 1. The molecule has 0 bridgehead atoms. The molecule has 1 aromatic heterocycles. The van der Waals surface area contributed by atoms with Crippen LogP contribution in [-0.4, -0.2) is 10.9 Å². The van der Waals surface area contributed by atoms with Crippen LogP contribution in [0.2, 0.25) is 0 Å². The lowest BCUT2D eigenvalue weighted by Crippen LogP contribution is -2.15. The minimum absolute atomic E-state index is 0.0639. The Hall–Kier alpha value is -3.61. The molecule has 1 amide bonds. The smallest absolute Gasteiger partial charge is 0.416 e. The van der Waals surface area contributed by atoms with Crippen molar-refractivity contribution >= 4 is 22.7 Å². The normalized spacial score (nSPS) is 11.6. The summed E-state index contributed by atoms with van der Waals surface area (Å²) in [6, 6.07) is 17.6. The second kappa shape index (κ2) is 7.09. The molecule has 4 aromatic rings. The number of para-hydroxylation sites is 2. The lowest BCUT2D eigenvalue weighted by Gasteiger charge is -2.12. The number of fused-ring (bicyclic) bond motifs is 1. The lowest BCUT2D eigenvalue weighted by molar-refractivity contribution is -0.138. The van der Waals surface area contributed by atoms with Gasteiger partial charge in [0, 0.05) is 16.8 Å². The van der Waals surface area contributed by atoms with E-state index in [9.17, 15) is 18.0 Å². The number of benzene rings is 3. The first-order valence-electron chi connectivity index (χ1n) is 8.76. The molecule has 0 aliphatic rings. The molecule has 0 atom stereocenters. The maximum absolute atomic E-state index is 13.1. The number of anilines is 1. The van der Waals surface area contributed by atoms with E-state index in [0.717, 1.165) is 11.6 Å². The first-order valence-corrected chi connectivity index (χ1v) is 8.76. The number of alkyl halides is 3. The van der Waals surface area contributed by atoms with E-state index in [2.05, 4.69) is 10.3 Å². The average molecular weight is 396 g/mol. The number of nitrogens with one attached hydrogen (secondary N) is 1. The minimum Gasteiger partial charge on any atom is -0.436 e. The van der Waals surface area contributed by atoms with Crippen LogP contribution in [-0.2, 0) is 6.18 Å². The zero-order valence-electron chi connectivity index (χ0n) is 15.2. The highest BCUT2D eigenvalue weighted by Crippen LogP contribution is 2.32. The van der Waals surface area contributed by atoms with Crippen molar-refractivity contribution in [2.24, 2.45) is 0 Å². The Balaban J connectivity index is 1.54. The number of rotatable bonds is 3. The summed E-state index contributed by atoms with van der Waals surface area (Å²) in [5.41, 5.74) is 1.75. The molecule has 0 saturated heterocycles. The van der Waals surface area contributed by atoms with E-state index in [1.807, 2.05) is 24.3 Å². The molecular formula is C22H15F3N2O2. The van der Waals surface area contributed by atoms with Crippen molar-refractivity contribution in [3.05, 3.63) is 83.4 Å². The third kappa shape index (κ3) is 3.85. The molecule has 0 unspecified atom stereocenters. The molecule has 0 radical (unpaired) electrons. The Bertz CT molecular complexity index is 1160. The van der Waals surface area contributed by atoms with Crippen LogP contribution in [0.3, 0.4) is 0 Å². The number of amides is 1. The van der Waals surface area contributed by atoms with Crippen LogP contribution in [0.1, 0.15) is 21.5 Å². The van der Waals surface area contributed by atoms with Crippen molar-refractivity contribution < 1.29 is 22.4 Å². The Kier molecular flexibility index (Phi) is 4.58. The SMILES string of the molecule is Cc1ccc(C(=O)Nc2ccc(-c3nc4ccccc4o3)cc2)cc1C(F)(F)F. The standard InChI is InChI=1S/C22H15F3N2O2/c1-13-6-7-15(12-17(13)22(23,24)25)20(28)26-16-10-8-14(9-11-16)21-27-18-4-2-3-5-19(18)29-21/h2-12H,1H3,(H,26,28). The highest BCUT2D eigenvalue weighted by atomic mass is 19.4. The summed E-state index contributed by atoms with van der Waals surface area (Å²) in [4.78, 5) is 16.8. The number of aryl methyl sites for hydroxylation is 1. The Morgan fingerprint density at radius 3 is 2.41 bits per heavy atom. The number of hydrogen-bond donors (Lipinski definition) is 1. The van der Waals surface area contributed by atoms with Gasteiger partial charge in [0.15, 0.2) is 5.58 Å². The quantitative estimate of drug-likeness (QED) is 0.457. The number of carbonyl (C=O) groups excluding carboxylic acids is 1. The van der Waals surface area contributed by atoms with Crippen LogP contribution >= 0.6 is 0 Å². The molecule has 3 aromatic carbocycles. The topological polar surface area (TPSA) is 55.1 Å². The first kappa shape index (κ1) is 18.7. The molecule has 0 saturated carbocycles. The van der Waals surface area contributed by atoms with Crippen LogP contribution < -0.4 is 5.32 Å². The largest absolute Gasteiger partial charge is 0.436 e. The van der Waals surface area contributed by atoms with E-state index in [4.69, 9.17) is 4.42 Å². The van der Waals surface area contributed by atoms with Gasteiger partial charge in [-0.25, -0.2) is 4.98 Å². The molecule has 7 heteroatoms. The fourth-order valence-electron chi connectivity index (χ4n) is 2.96. The Morgan fingerprint density at radius 2 is 1.72 bits per heavy atom. The van der Waals surface area contributed by atoms with Crippen LogP contribution in [0.4, 0.5) is 18.9 Å². The van der Waals surface area contributed by atoms with Gasteiger partial charge in [-0.3, -0.25) is 4.79 Å². The van der Waals surface area contributed by atoms with E-state index in [1.165, 1.54) is 19.1 Å². The highest BCUT2D eigenvalue weighted by molar-refractivity contribution is 6.04. The van der Waals surface area contributed by atoms with Crippen LogP contribution in [0.15, 0.2) is 71.1 Å². The van der Waals surface area contributed by atoms with Crippen LogP contribution in [0.25, 0.3) is 22.6 Å². The maximum atomic E-state index is 13.1. The van der Waals surface area contributed by atoms with Gasteiger partial charge in [-0.1, -0.05) is 18.2 Å². The van der Waals surface area contributed by atoms with E-state index in [1.54, 1.807) is 24.3 Å². The molecule has 0 aliphatic heterocycles. The minimum atomic E-state index is -4.51. The van der Waals surface area contributed by atoms with Gasteiger partial charge in [0.2, 0.25) is 5.89 Å². The third-order valence-corrected chi connectivity index (χ3v) is 4.49. The molecule has 4 nitrogen and oxygen atoms in total. The summed E-state index contributed by atoms with van der Waals surface area (Å²) < 4.78 is 44.9. The second-order valence-electron chi connectivity index (χ2n) is 6.55. The van der Waals surface area contributed by atoms with Crippen molar-refractivity contribution in [3.63, 3.8) is 0 Å². The van der Waals surface area contributed by atoms with Gasteiger partial charge in [-0.05, 0) is 61.0 Å². The Morgan fingerprint density at radius 1 is 1.00 bits per heavy atom. The van der Waals surface area contributed by atoms with Crippen molar-refractivity contribution in [2.45, 2.75) is 13.1 Å². The van der Waals surface area contributed by atoms with Gasteiger partial charge in [0.05, 0.1) is 5.56 Å². The molecule has 4 rings (SSSR count). The molecule has 1 N–H and O–H groups in total.